The second kappa shape index (κ2) is 9.61. The third-order valence-corrected chi connectivity index (χ3v) is 6.63. The highest BCUT2D eigenvalue weighted by molar-refractivity contribution is 7.20. The summed E-state index contributed by atoms with van der Waals surface area (Å²) in [5.74, 6) is -2.47. The second-order valence-corrected chi connectivity index (χ2v) is 9.20. The van der Waals surface area contributed by atoms with Crippen molar-refractivity contribution < 1.29 is 23.9 Å². The van der Waals surface area contributed by atoms with E-state index in [1.54, 1.807) is 51.1 Å². The van der Waals surface area contributed by atoms with Gasteiger partial charge in [0.2, 0.25) is 5.91 Å². The number of hydrogen-bond acceptors (Lipinski definition) is 6. The van der Waals surface area contributed by atoms with Crippen LogP contribution in [-0.2, 0) is 9.53 Å². The first-order chi connectivity index (χ1) is 16.3. The minimum atomic E-state index is -1.05. The highest BCUT2D eigenvalue weighted by Crippen LogP contribution is 2.37. The van der Waals surface area contributed by atoms with Crippen LogP contribution in [0.2, 0.25) is 0 Å². The third kappa shape index (κ3) is 4.24. The van der Waals surface area contributed by atoms with Crippen molar-refractivity contribution in [3.05, 3.63) is 77.4 Å². The number of benzene rings is 2. The molecule has 1 aromatic heterocycles. The standard InChI is InChI=1S/C26H24N2O5S/c1-4-33-26(32)19-14-20(16-10-6-5-7-11-16)34-23(19)27-22(29)21(15(2)3)28-24(30)17-12-8-9-13-18(17)25(28)31/h5-15,21H,4H2,1-3H3,(H,27,29). The molecule has 8 heteroatoms. The number of thiophene rings is 1. The number of imide groups is 1. The Morgan fingerprint density at radius 3 is 2.12 bits per heavy atom. The Kier molecular flexibility index (Phi) is 6.61. The molecule has 0 saturated carbocycles. The minimum Gasteiger partial charge on any atom is -0.462 e. The van der Waals surface area contributed by atoms with Crippen LogP contribution < -0.4 is 5.32 Å². The van der Waals surface area contributed by atoms with E-state index in [-0.39, 0.29) is 29.2 Å². The molecule has 3 amide bonds. The number of fused-ring (bicyclic) bond motifs is 1. The van der Waals surface area contributed by atoms with Crippen LogP contribution in [-0.4, -0.2) is 41.2 Å². The number of nitrogens with zero attached hydrogens (tertiary/aromatic N) is 1. The van der Waals surface area contributed by atoms with Gasteiger partial charge in [-0.1, -0.05) is 56.3 Å². The van der Waals surface area contributed by atoms with Crippen molar-refractivity contribution in [1.29, 1.82) is 0 Å². The maximum absolute atomic E-state index is 13.5. The maximum atomic E-state index is 13.5. The van der Waals surface area contributed by atoms with Crippen LogP contribution in [0.4, 0.5) is 5.00 Å². The SMILES string of the molecule is CCOC(=O)c1cc(-c2ccccc2)sc1NC(=O)C(C(C)C)N1C(=O)c2ccccc2C1=O. The van der Waals surface area contributed by atoms with E-state index in [0.29, 0.717) is 5.00 Å². The lowest BCUT2D eigenvalue weighted by atomic mass is 10.0. The molecule has 1 unspecified atom stereocenters. The average molecular weight is 477 g/mol. The molecule has 3 aromatic rings. The topological polar surface area (TPSA) is 92.8 Å². The number of rotatable bonds is 7. The predicted molar refractivity (Wildman–Crippen MR) is 130 cm³/mol. The van der Waals surface area contributed by atoms with E-state index < -0.39 is 29.7 Å². The van der Waals surface area contributed by atoms with Crippen LogP contribution in [0.15, 0.2) is 60.7 Å². The van der Waals surface area contributed by atoms with Crippen molar-refractivity contribution in [2.45, 2.75) is 26.8 Å². The number of anilines is 1. The molecule has 174 valence electrons. The number of ether oxygens (including phenoxy) is 1. The van der Waals surface area contributed by atoms with E-state index in [1.165, 1.54) is 11.3 Å². The fourth-order valence-corrected chi connectivity index (χ4v) is 5.01. The number of carbonyl (C=O) groups is 4. The van der Waals surface area contributed by atoms with Gasteiger partial charge in [-0.2, -0.15) is 0 Å². The van der Waals surface area contributed by atoms with Gasteiger partial charge in [0.05, 0.1) is 23.3 Å². The molecule has 2 aromatic carbocycles. The van der Waals surface area contributed by atoms with Gasteiger partial charge < -0.3 is 10.1 Å². The summed E-state index contributed by atoms with van der Waals surface area (Å²) in [5, 5.41) is 3.11. The summed E-state index contributed by atoms with van der Waals surface area (Å²) in [5.41, 5.74) is 1.67. The number of hydrogen-bond donors (Lipinski definition) is 1. The molecule has 1 aliphatic heterocycles. The van der Waals surface area contributed by atoms with E-state index in [0.717, 1.165) is 15.3 Å². The van der Waals surface area contributed by atoms with Crippen LogP contribution in [0.3, 0.4) is 0 Å². The van der Waals surface area contributed by atoms with Gasteiger partial charge in [-0.25, -0.2) is 4.79 Å². The van der Waals surface area contributed by atoms with E-state index in [2.05, 4.69) is 5.32 Å². The van der Waals surface area contributed by atoms with Crippen molar-refractivity contribution in [1.82, 2.24) is 4.90 Å². The highest BCUT2D eigenvalue weighted by atomic mass is 32.1. The Morgan fingerprint density at radius 1 is 0.971 bits per heavy atom. The van der Waals surface area contributed by atoms with Gasteiger partial charge in [-0.15, -0.1) is 11.3 Å². The molecule has 34 heavy (non-hydrogen) atoms. The molecule has 0 spiro atoms. The number of carbonyl (C=O) groups excluding carboxylic acids is 4. The molecule has 0 radical (unpaired) electrons. The van der Waals surface area contributed by atoms with Gasteiger partial charge in [0.15, 0.2) is 0 Å². The van der Waals surface area contributed by atoms with Crippen molar-refractivity contribution in [2.75, 3.05) is 11.9 Å². The minimum absolute atomic E-state index is 0.187. The van der Waals surface area contributed by atoms with Gasteiger partial charge in [0, 0.05) is 4.88 Å². The Balaban J connectivity index is 1.68. The Bertz CT molecular complexity index is 1230. The summed E-state index contributed by atoms with van der Waals surface area (Å²) in [4.78, 5) is 53.9. The van der Waals surface area contributed by atoms with Crippen LogP contribution in [0.25, 0.3) is 10.4 Å². The molecule has 1 N–H and O–H groups in total. The molecule has 0 saturated heterocycles. The Labute approximate surface area is 201 Å². The lowest BCUT2D eigenvalue weighted by Crippen LogP contribution is -2.50. The van der Waals surface area contributed by atoms with Crippen LogP contribution in [0, 0.1) is 5.92 Å². The monoisotopic (exact) mass is 476 g/mol. The van der Waals surface area contributed by atoms with Crippen LogP contribution in [0.5, 0.6) is 0 Å². The summed E-state index contributed by atoms with van der Waals surface area (Å²) in [6.45, 7) is 5.43. The molecule has 4 rings (SSSR count). The van der Waals surface area contributed by atoms with Crippen molar-refractivity contribution in [2.24, 2.45) is 5.92 Å². The summed E-state index contributed by atoms with van der Waals surface area (Å²) in [6.07, 6.45) is 0. The molecular weight excluding hydrogens is 452 g/mol. The first kappa shape index (κ1) is 23.4. The lowest BCUT2D eigenvalue weighted by Gasteiger charge is -2.28. The van der Waals surface area contributed by atoms with E-state index >= 15 is 0 Å². The fraction of sp³-hybridized carbons (Fsp3) is 0.231. The predicted octanol–water partition coefficient (Wildman–Crippen LogP) is 4.85. The zero-order valence-corrected chi connectivity index (χ0v) is 19.8. The molecule has 0 fully saturated rings. The first-order valence-corrected chi connectivity index (χ1v) is 11.8. The van der Waals surface area contributed by atoms with Crippen LogP contribution in [0.1, 0.15) is 51.8 Å². The van der Waals surface area contributed by atoms with Crippen molar-refractivity contribution >= 4 is 40.0 Å². The summed E-state index contributed by atoms with van der Waals surface area (Å²) < 4.78 is 5.18. The summed E-state index contributed by atoms with van der Waals surface area (Å²) in [6, 6.07) is 16.6. The van der Waals surface area contributed by atoms with Gasteiger partial charge in [0.1, 0.15) is 11.0 Å². The number of nitrogens with one attached hydrogen (secondary N) is 1. The van der Waals surface area contributed by atoms with Crippen molar-refractivity contribution in [3.8, 4) is 10.4 Å². The van der Waals surface area contributed by atoms with Gasteiger partial charge in [-0.05, 0) is 36.6 Å². The first-order valence-electron chi connectivity index (χ1n) is 11.0. The lowest BCUT2D eigenvalue weighted by molar-refractivity contribution is -0.121. The molecule has 0 bridgehead atoms. The maximum Gasteiger partial charge on any atom is 0.341 e. The van der Waals surface area contributed by atoms with Crippen molar-refractivity contribution in [3.63, 3.8) is 0 Å². The molecule has 0 aliphatic carbocycles. The third-order valence-electron chi connectivity index (χ3n) is 5.53. The quantitative estimate of drug-likeness (QED) is 0.389. The van der Waals surface area contributed by atoms with Gasteiger partial charge in [0.25, 0.3) is 11.8 Å². The van der Waals surface area contributed by atoms with E-state index in [9.17, 15) is 19.2 Å². The summed E-state index contributed by atoms with van der Waals surface area (Å²) in [7, 11) is 0. The normalized spacial score (nSPS) is 13.7. The van der Waals surface area contributed by atoms with E-state index in [4.69, 9.17) is 4.74 Å². The Hall–Kier alpha value is -3.78. The molecule has 1 aliphatic rings. The zero-order chi connectivity index (χ0) is 24.4. The van der Waals surface area contributed by atoms with Crippen LogP contribution >= 0.6 is 11.3 Å². The number of esters is 1. The average Bonchev–Trinajstić information content (AvgIpc) is 3.35. The Morgan fingerprint density at radius 2 is 1.56 bits per heavy atom. The summed E-state index contributed by atoms with van der Waals surface area (Å²) >= 11 is 1.23. The molecule has 1 atom stereocenters. The number of amides is 3. The molecule has 2 heterocycles. The van der Waals surface area contributed by atoms with E-state index in [1.807, 2.05) is 30.3 Å². The fourth-order valence-electron chi connectivity index (χ4n) is 3.95. The smallest absolute Gasteiger partial charge is 0.341 e. The molecular formula is C26H24N2O5S. The largest absolute Gasteiger partial charge is 0.462 e. The zero-order valence-electron chi connectivity index (χ0n) is 19.0. The highest BCUT2D eigenvalue weighted by Gasteiger charge is 2.44. The second-order valence-electron chi connectivity index (χ2n) is 8.14. The molecule has 7 nitrogen and oxygen atoms in total. The van der Waals surface area contributed by atoms with Gasteiger partial charge >= 0.3 is 5.97 Å². The van der Waals surface area contributed by atoms with Gasteiger partial charge in [-0.3, -0.25) is 19.3 Å².